The van der Waals surface area contributed by atoms with Gasteiger partial charge < -0.3 is 9.84 Å². The van der Waals surface area contributed by atoms with Crippen LogP contribution in [-0.4, -0.2) is 21.7 Å². The number of halogens is 1. The van der Waals surface area contributed by atoms with Crippen LogP contribution in [0.15, 0.2) is 77.9 Å². The summed E-state index contributed by atoms with van der Waals surface area (Å²) in [6.45, 7) is 1.48. The lowest BCUT2D eigenvalue weighted by Crippen LogP contribution is -2.24. The Balaban J connectivity index is 1.60. The summed E-state index contributed by atoms with van der Waals surface area (Å²) >= 11 is 6.12. The Hall–Kier alpha value is -3.31. The molecule has 6 heteroatoms. The van der Waals surface area contributed by atoms with Gasteiger partial charge in [0.2, 0.25) is 5.91 Å². The molecule has 146 valence electrons. The summed E-state index contributed by atoms with van der Waals surface area (Å²) in [4.78, 5) is 12.1. The Morgan fingerprint density at radius 3 is 2.59 bits per heavy atom. The molecule has 5 nitrogen and oxygen atoms in total. The topological polar surface area (TPSA) is 62.1 Å². The third-order valence-corrected chi connectivity index (χ3v) is 4.96. The van der Waals surface area contributed by atoms with Crippen molar-refractivity contribution in [2.24, 2.45) is 5.10 Å². The average molecular weight is 407 g/mol. The number of ether oxygens (including phenoxy) is 1. The van der Waals surface area contributed by atoms with Crippen LogP contribution in [0.5, 0.6) is 17.2 Å². The van der Waals surface area contributed by atoms with Crippen LogP contribution in [0.4, 0.5) is 0 Å². The number of rotatable bonds is 4. The van der Waals surface area contributed by atoms with Gasteiger partial charge in [0.25, 0.3) is 0 Å². The number of phenolic OH excluding ortho intramolecular Hbond substituents is 1. The lowest BCUT2D eigenvalue weighted by Gasteiger charge is -2.20. The molecule has 0 saturated heterocycles. The number of amides is 1. The van der Waals surface area contributed by atoms with E-state index < -0.39 is 0 Å². The number of phenols is 1. The van der Waals surface area contributed by atoms with E-state index >= 15 is 0 Å². The molecule has 0 bridgehead atoms. The zero-order valence-electron chi connectivity index (χ0n) is 15.7. The van der Waals surface area contributed by atoms with E-state index in [2.05, 4.69) is 5.10 Å². The lowest BCUT2D eigenvalue weighted by atomic mass is 9.98. The lowest BCUT2D eigenvalue weighted by molar-refractivity contribution is -0.130. The standard InChI is InChI=1S/C23H19ClN2O3/c1-15(27)26-21(17-6-5-7-18(24)12-17)14-20(25-26)16-10-11-23(22(28)13-16)29-19-8-3-2-4-9-19/h2-13,21,28H,14H2,1H3. The van der Waals surface area contributed by atoms with Gasteiger partial charge in [-0.2, -0.15) is 5.10 Å². The maximum Gasteiger partial charge on any atom is 0.240 e. The normalized spacial score (nSPS) is 15.9. The molecule has 1 atom stereocenters. The molecule has 0 spiro atoms. The second kappa shape index (κ2) is 7.97. The average Bonchev–Trinajstić information content (AvgIpc) is 3.16. The molecule has 4 rings (SSSR count). The van der Waals surface area contributed by atoms with Crippen LogP contribution in [0.2, 0.25) is 5.02 Å². The first kappa shape index (κ1) is 19.0. The molecular weight excluding hydrogens is 388 g/mol. The van der Waals surface area contributed by atoms with Crippen molar-refractivity contribution in [1.29, 1.82) is 0 Å². The zero-order chi connectivity index (χ0) is 20.4. The molecule has 1 heterocycles. The summed E-state index contributed by atoms with van der Waals surface area (Å²) in [5.41, 5.74) is 2.37. The quantitative estimate of drug-likeness (QED) is 0.619. The SMILES string of the molecule is CC(=O)N1N=C(c2ccc(Oc3ccccc3)c(O)c2)CC1c1cccc(Cl)c1. The van der Waals surface area contributed by atoms with E-state index in [0.29, 0.717) is 28.7 Å². The summed E-state index contributed by atoms with van der Waals surface area (Å²) in [5.74, 6) is 0.846. The Morgan fingerprint density at radius 1 is 1.10 bits per heavy atom. The van der Waals surface area contributed by atoms with Crippen LogP contribution in [0, 0.1) is 0 Å². The Kier molecular flexibility index (Phi) is 5.23. The minimum Gasteiger partial charge on any atom is -0.504 e. The van der Waals surface area contributed by atoms with Gasteiger partial charge in [-0.25, -0.2) is 5.01 Å². The highest BCUT2D eigenvalue weighted by Gasteiger charge is 2.31. The van der Waals surface area contributed by atoms with Gasteiger partial charge in [-0.05, 0) is 48.0 Å². The first-order chi connectivity index (χ1) is 14.0. The van der Waals surface area contributed by atoms with Crippen LogP contribution >= 0.6 is 11.6 Å². The van der Waals surface area contributed by atoms with E-state index in [1.165, 1.54) is 11.9 Å². The fourth-order valence-electron chi connectivity index (χ4n) is 3.35. The molecule has 3 aromatic carbocycles. The van der Waals surface area contributed by atoms with Crippen molar-refractivity contribution >= 4 is 23.2 Å². The van der Waals surface area contributed by atoms with Gasteiger partial charge in [0, 0.05) is 23.9 Å². The van der Waals surface area contributed by atoms with Crippen molar-refractivity contribution in [3.63, 3.8) is 0 Å². The number of carbonyl (C=O) groups excluding carboxylic acids is 1. The van der Waals surface area contributed by atoms with E-state index in [1.54, 1.807) is 18.2 Å². The molecule has 1 aliphatic rings. The Morgan fingerprint density at radius 2 is 1.90 bits per heavy atom. The predicted molar refractivity (Wildman–Crippen MR) is 112 cm³/mol. The zero-order valence-corrected chi connectivity index (χ0v) is 16.5. The third kappa shape index (κ3) is 4.10. The summed E-state index contributed by atoms with van der Waals surface area (Å²) in [5, 5.41) is 17.0. The molecule has 1 unspecified atom stereocenters. The van der Waals surface area contributed by atoms with E-state index in [0.717, 1.165) is 11.1 Å². The maximum atomic E-state index is 12.1. The second-order valence-electron chi connectivity index (χ2n) is 6.78. The smallest absolute Gasteiger partial charge is 0.240 e. The molecule has 29 heavy (non-hydrogen) atoms. The fraction of sp³-hybridized carbons (Fsp3) is 0.130. The molecular formula is C23H19ClN2O3. The molecule has 1 amide bonds. The van der Waals surface area contributed by atoms with Crippen molar-refractivity contribution in [3.8, 4) is 17.2 Å². The minimum absolute atomic E-state index is 0.00892. The predicted octanol–water partition coefficient (Wildman–Crippen LogP) is 5.54. The number of hydrazone groups is 1. The summed E-state index contributed by atoms with van der Waals surface area (Å²) in [7, 11) is 0. The molecule has 3 aromatic rings. The molecule has 0 radical (unpaired) electrons. The highest BCUT2D eigenvalue weighted by atomic mass is 35.5. The highest BCUT2D eigenvalue weighted by molar-refractivity contribution is 6.30. The number of benzene rings is 3. The van der Waals surface area contributed by atoms with Gasteiger partial charge in [0.1, 0.15) is 5.75 Å². The van der Waals surface area contributed by atoms with Gasteiger partial charge in [-0.1, -0.05) is 41.9 Å². The number of nitrogens with zero attached hydrogens (tertiary/aromatic N) is 2. The van der Waals surface area contributed by atoms with Crippen molar-refractivity contribution in [3.05, 3.63) is 88.9 Å². The van der Waals surface area contributed by atoms with E-state index in [4.69, 9.17) is 16.3 Å². The number of para-hydroxylation sites is 1. The van der Waals surface area contributed by atoms with E-state index in [1.807, 2.05) is 54.6 Å². The molecule has 0 saturated carbocycles. The minimum atomic E-state index is -0.233. The van der Waals surface area contributed by atoms with Crippen molar-refractivity contribution in [2.45, 2.75) is 19.4 Å². The summed E-state index contributed by atoms with van der Waals surface area (Å²) in [6, 6.07) is 21.6. The summed E-state index contributed by atoms with van der Waals surface area (Å²) in [6.07, 6.45) is 0.526. The molecule has 0 aliphatic carbocycles. The molecule has 0 aromatic heterocycles. The summed E-state index contributed by atoms with van der Waals surface area (Å²) < 4.78 is 5.72. The van der Waals surface area contributed by atoms with E-state index in [9.17, 15) is 9.90 Å². The fourth-order valence-corrected chi connectivity index (χ4v) is 3.55. The number of aromatic hydroxyl groups is 1. The highest BCUT2D eigenvalue weighted by Crippen LogP contribution is 2.36. The third-order valence-electron chi connectivity index (χ3n) is 4.73. The Labute approximate surface area is 173 Å². The van der Waals surface area contributed by atoms with Gasteiger partial charge in [-0.15, -0.1) is 0 Å². The largest absolute Gasteiger partial charge is 0.504 e. The van der Waals surface area contributed by atoms with E-state index in [-0.39, 0.29) is 17.7 Å². The van der Waals surface area contributed by atoms with Gasteiger partial charge in [0.15, 0.2) is 11.5 Å². The van der Waals surface area contributed by atoms with Crippen molar-refractivity contribution < 1.29 is 14.6 Å². The second-order valence-corrected chi connectivity index (χ2v) is 7.22. The maximum absolute atomic E-state index is 12.1. The van der Waals surface area contributed by atoms with Crippen LogP contribution in [0.1, 0.15) is 30.5 Å². The molecule has 1 N–H and O–H groups in total. The first-order valence-corrected chi connectivity index (χ1v) is 9.58. The number of carbonyl (C=O) groups is 1. The molecule has 0 fully saturated rings. The van der Waals surface area contributed by atoms with Crippen LogP contribution < -0.4 is 4.74 Å². The van der Waals surface area contributed by atoms with Gasteiger partial charge in [0.05, 0.1) is 11.8 Å². The number of hydrogen-bond donors (Lipinski definition) is 1. The monoisotopic (exact) mass is 406 g/mol. The van der Waals surface area contributed by atoms with Gasteiger partial charge in [-0.3, -0.25) is 4.79 Å². The van der Waals surface area contributed by atoms with Crippen LogP contribution in [0.3, 0.4) is 0 Å². The molecule has 1 aliphatic heterocycles. The number of hydrogen-bond acceptors (Lipinski definition) is 4. The van der Waals surface area contributed by atoms with Gasteiger partial charge >= 0.3 is 0 Å². The first-order valence-electron chi connectivity index (χ1n) is 9.20. The Bertz CT molecular complexity index is 1080. The van der Waals surface area contributed by atoms with Crippen molar-refractivity contribution in [1.82, 2.24) is 5.01 Å². The van der Waals surface area contributed by atoms with Crippen molar-refractivity contribution in [2.75, 3.05) is 0 Å². The van der Waals surface area contributed by atoms with Crippen LogP contribution in [-0.2, 0) is 4.79 Å². The van der Waals surface area contributed by atoms with Crippen LogP contribution in [0.25, 0.3) is 0 Å².